The third-order valence-corrected chi connectivity index (χ3v) is 4.96. The van der Waals surface area contributed by atoms with Gasteiger partial charge in [0.25, 0.3) is 11.8 Å². The van der Waals surface area contributed by atoms with Crippen molar-refractivity contribution in [1.82, 2.24) is 14.9 Å². The standard InChI is InChI=1S/C19H14BrN3O4/c1-27-15(24)9-23-18(25)16(17(19(23)26)14-3-2-6-21-14)12-8-22-13-5-4-10(20)7-11(12)13/h2-8,21-22H,9H2,1H3. The van der Waals surface area contributed by atoms with Crippen molar-refractivity contribution in [2.45, 2.75) is 0 Å². The molecular weight excluding hydrogens is 414 g/mol. The number of hydrogen-bond acceptors (Lipinski definition) is 4. The summed E-state index contributed by atoms with van der Waals surface area (Å²) in [7, 11) is 1.21. The Bertz CT molecular complexity index is 1110. The molecule has 2 amide bonds. The number of carbonyl (C=O) groups is 3. The molecule has 0 fully saturated rings. The molecular formula is C19H14BrN3O4. The van der Waals surface area contributed by atoms with Gasteiger partial charge in [0.2, 0.25) is 0 Å². The van der Waals surface area contributed by atoms with Crippen LogP contribution in [-0.4, -0.2) is 46.3 Å². The summed E-state index contributed by atoms with van der Waals surface area (Å²) in [6.07, 6.45) is 3.37. The number of aromatic nitrogens is 2. The average molecular weight is 428 g/mol. The molecule has 3 aromatic rings. The van der Waals surface area contributed by atoms with E-state index in [0.717, 1.165) is 20.3 Å². The van der Waals surface area contributed by atoms with Crippen molar-refractivity contribution in [3.63, 3.8) is 0 Å². The fourth-order valence-corrected chi connectivity index (χ4v) is 3.56. The first-order valence-electron chi connectivity index (χ1n) is 8.09. The van der Waals surface area contributed by atoms with E-state index in [0.29, 0.717) is 11.3 Å². The first-order valence-corrected chi connectivity index (χ1v) is 8.88. The van der Waals surface area contributed by atoms with E-state index in [2.05, 4.69) is 30.6 Å². The van der Waals surface area contributed by atoms with Gasteiger partial charge in [-0.3, -0.25) is 19.3 Å². The van der Waals surface area contributed by atoms with Crippen molar-refractivity contribution in [2.75, 3.05) is 13.7 Å². The largest absolute Gasteiger partial charge is 0.468 e. The highest BCUT2D eigenvalue weighted by Crippen LogP contribution is 2.38. The number of H-pyrrole nitrogens is 2. The fourth-order valence-electron chi connectivity index (χ4n) is 3.20. The van der Waals surface area contributed by atoms with Gasteiger partial charge in [-0.1, -0.05) is 15.9 Å². The minimum Gasteiger partial charge on any atom is -0.468 e. The lowest BCUT2D eigenvalue weighted by molar-refractivity contribution is -0.149. The summed E-state index contributed by atoms with van der Waals surface area (Å²) in [5, 5.41) is 0.796. The van der Waals surface area contributed by atoms with Crippen LogP contribution in [0.2, 0.25) is 0 Å². The molecule has 1 aliphatic rings. The monoisotopic (exact) mass is 427 g/mol. The summed E-state index contributed by atoms with van der Waals surface area (Å²) < 4.78 is 5.47. The number of nitrogens with zero attached hydrogens (tertiary/aromatic N) is 1. The van der Waals surface area contributed by atoms with Gasteiger partial charge in [0, 0.05) is 33.3 Å². The van der Waals surface area contributed by atoms with Crippen LogP contribution < -0.4 is 0 Å². The summed E-state index contributed by atoms with van der Waals surface area (Å²) in [6.45, 7) is -0.437. The molecule has 0 saturated carbocycles. The van der Waals surface area contributed by atoms with Crippen LogP contribution in [0.1, 0.15) is 11.3 Å². The number of hydrogen-bond donors (Lipinski definition) is 2. The Labute approximate surface area is 162 Å². The normalized spacial score (nSPS) is 14.5. The van der Waals surface area contributed by atoms with Crippen LogP contribution in [-0.2, 0) is 19.1 Å². The minimum atomic E-state index is -0.662. The number of benzene rings is 1. The van der Waals surface area contributed by atoms with Crippen LogP contribution in [0.5, 0.6) is 0 Å². The predicted molar refractivity (Wildman–Crippen MR) is 102 cm³/mol. The lowest BCUT2D eigenvalue weighted by atomic mass is 9.99. The molecule has 0 atom stereocenters. The molecule has 0 unspecified atom stereocenters. The number of aromatic amines is 2. The van der Waals surface area contributed by atoms with Crippen LogP contribution in [0.3, 0.4) is 0 Å². The van der Waals surface area contributed by atoms with Crippen LogP contribution in [0.4, 0.5) is 0 Å². The molecule has 1 aliphatic heterocycles. The van der Waals surface area contributed by atoms with Gasteiger partial charge in [0.05, 0.1) is 23.9 Å². The average Bonchev–Trinajstić information content (AvgIpc) is 3.36. The highest BCUT2D eigenvalue weighted by Gasteiger charge is 2.41. The van der Waals surface area contributed by atoms with E-state index in [1.54, 1.807) is 24.5 Å². The number of ether oxygens (including phenoxy) is 1. The van der Waals surface area contributed by atoms with Crippen LogP contribution >= 0.6 is 15.9 Å². The molecule has 0 spiro atoms. The zero-order chi connectivity index (χ0) is 19.1. The van der Waals surface area contributed by atoms with Crippen molar-refractivity contribution in [3.05, 3.63) is 58.5 Å². The summed E-state index contributed by atoms with van der Waals surface area (Å²) >= 11 is 3.44. The molecule has 0 aliphatic carbocycles. The number of amides is 2. The highest BCUT2D eigenvalue weighted by atomic mass is 79.9. The topological polar surface area (TPSA) is 95.3 Å². The Morgan fingerprint density at radius 3 is 2.63 bits per heavy atom. The summed E-state index contributed by atoms with van der Waals surface area (Å²) in [6, 6.07) is 9.10. The third-order valence-electron chi connectivity index (χ3n) is 4.46. The smallest absolute Gasteiger partial charge is 0.325 e. The van der Waals surface area contributed by atoms with E-state index < -0.39 is 24.3 Å². The zero-order valence-electron chi connectivity index (χ0n) is 14.2. The molecule has 136 valence electrons. The molecule has 1 aromatic carbocycles. The number of carbonyl (C=O) groups excluding carboxylic acids is 3. The van der Waals surface area contributed by atoms with Gasteiger partial charge in [0.15, 0.2) is 0 Å². The molecule has 4 rings (SSSR count). The molecule has 7 nitrogen and oxygen atoms in total. The Morgan fingerprint density at radius 1 is 1.15 bits per heavy atom. The van der Waals surface area contributed by atoms with Gasteiger partial charge in [-0.25, -0.2) is 0 Å². The van der Waals surface area contributed by atoms with Gasteiger partial charge in [-0.2, -0.15) is 0 Å². The van der Waals surface area contributed by atoms with Gasteiger partial charge in [-0.15, -0.1) is 0 Å². The van der Waals surface area contributed by atoms with Crippen molar-refractivity contribution >= 4 is 55.8 Å². The SMILES string of the molecule is COC(=O)CN1C(=O)C(c2ccc[nH]2)=C(c2c[nH]c3ccc(Br)cc23)C1=O. The minimum absolute atomic E-state index is 0.231. The number of methoxy groups -OCH3 is 1. The van der Waals surface area contributed by atoms with Gasteiger partial charge in [-0.05, 0) is 30.3 Å². The lowest BCUT2D eigenvalue weighted by Gasteiger charge is -2.13. The summed E-state index contributed by atoms with van der Waals surface area (Å²) in [4.78, 5) is 44.8. The van der Waals surface area contributed by atoms with Crippen molar-refractivity contribution in [1.29, 1.82) is 0 Å². The van der Waals surface area contributed by atoms with E-state index in [1.807, 2.05) is 18.2 Å². The Hall–Kier alpha value is -3.13. The van der Waals surface area contributed by atoms with Gasteiger partial charge in [0.1, 0.15) is 6.54 Å². The number of esters is 1. The predicted octanol–water partition coefficient (Wildman–Crippen LogP) is 2.71. The molecule has 2 aromatic heterocycles. The Balaban J connectivity index is 1.93. The van der Waals surface area contributed by atoms with Gasteiger partial charge < -0.3 is 14.7 Å². The maximum Gasteiger partial charge on any atom is 0.325 e. The zero-order valence-corrected chi connectivity index (χ0v) is 15.8. The first-order chi connectivity index (χ1) is 13.0. The maximum absolute atomic E-state index is 13.1. The second-order valence-corrected chi connectivity index (χ2v) is 6.91. The molecule has 0 radical (unpaired) electrons. The van der Waals surface area contributed by atoms with Crippen LogP contribution in [0.15, 0.2) is 47.2 Å². The molecule has 27 heavy (non-hydrogen) atoms. The first kappa shape index (κ1) is 17.3. The lowest BCUT2D eigenvalue weighted by Crippen LogP contribution is -2.36. The quantitative estimate of drug-likeness (QED) is 0.494. The van der Waals surface area contributed by atoms with E-state index >= 15 is 0 Å². The molecule has 3 heterocycles. The number of rotatable bonds is 4. The fraction of sp³-hybridized carbons (Fsp3) is 0.105. The Kier molecular flexibility index (Phi) is 4.19. The molecule has 2 N–H and O–H groups in total. The van der Waals surface area contributed by atoms with Crippen molar-refractivity contribution in [2.24, 2.45) is 0 Å². The van der Waals surface area contributed by atoms with Crippen LogP contribution in [0, 0.1) is 0 Å². The summed E-state index contributed by atoms with van der Waals surface area (Å²) in [5.74, 6) is -1.73. The highest BCUT2D eigenvalue weighted by molar-refractivity contribution is 9.10. The summed E-state index contributed by atoms with van der Waals surface area (Å²) in [5.41, 5.74) is 2.42. The van der Waals surface area contributed by atoms with E-state index in [9.17, 15) is 14.4 Å². The third kappa shape index (κ3) is 2.78. The van der Waals surface area contributed by atoms with Crippen molar-refractivity contribution in [3.8, 4) is 0 Å². The number of imide groups is 1. The number of halogens is 1. The van der Waals surface area contributed by atoms with Gasteiger partial charge >= 0.3 is 5.97 Å². The van der Waals surface area contributed by atoms with E-state index in [4.69, 9.17) is 0 Å². The van der Waals surface area contributed by atoms with E-state index in [-0.39, 0.29) is 11.1 Å². The van der Waals surface area contributed by atoms with Crippen molar-refractivity contribution < 1.29 is 19.1 Å². The second kappa shape index (κ2) is 6.55. The van der Waals surface area contributed by atoms with E-state index in [1.165, 1.54) is 7.11 Å². The molecule has 0 bridgehead atoms. The number of fused-ring (bicyclic) bond motifs is 1. The number of nitrogens with one attached hydrogen (secondary N) is 2. The molecule has 0 saturated heterocycles. The van der Waals surface area contributed by atoms with Crippen LogP contribution in [0.25, 0.3) is 22.0 Å². The maximum atomic E-state index is 13.1. The second-order valence-electron chi connectivity index (χ2n) is 6.00. The Morgan fingerprint density at radius 2 is 1.93 bits per heavy atom. The molecule has 8 heteroatoms.